The fraction of sp³-hybridized carbons (Fsp3) is 0.136. The molecule has 0 unspecified atom stereocenters. The molecule has 0 radical (unpaired) electrons. The van der Waals surface area contributed by atoms with Gasteiger partial charge in [-0.25, -0.2) is 0 Å². The van der Waals surface area contributed by atoms with E-state index in [0.29, 0.717) is 21.9 Å². The molecule has 4 heteroatoms. The van der Waals surface area contributed by atoms with Gasteiger partial charge < -0.3 is 9.47 Å². The lowest BCUT2D eigenvalue weighted by molar-refractivity contribution is 0.104. The maximum absolute atomic E-state index is 12.7. The molecule has 2 aromatic carbocycles. The van der Waals surface area contributed by atoms with Gasteiger partial charge in [0.15, 0.2) is 11.5 Å². The third-order valence-corrected chi connectivity index (χ3v) is 4.86. The van der Waals surface area contributed by atoms with Crippen molar-refractivity contribution in [1.29, 1.82) is 0 Å². The van der Waals surface area contributed by atoms with Crippen LogP contribution < -0.4 is 9.47 Å². The fourth-order valence-corrected chi connectivity index (χ4v) is 3.24. The lowest BCUT2D eigenvalue weighted by Crippen LogP contribution is -2.00. The van der Waals surface area contributed by atoms with Crippen molar-refractivity contribution in [2.45, 2.75) is 6.92 Å². The quantitative estimate of drug-likeness (QED) is 0.498. The van der Waals surface area contributed by atoms with Crippen LogP contribution in [0.3, 0.4) is 0 Å². The fourth-order valence-electron chi connectivity index (χ4n) is 2.42. The number of ether oxygens (including phenoxy) is 2. The van der Waals surface area contributed by atoms with Gasteiger partial charge in [-0.15, -0.1) is 11.3 Å². The molecule has 0 aliphatic carbocycles. The summed E-state index contributed by atoms with van der Waals surface area (Å²) >= 11 is 1.39. The zero-order valence-corrected chi connectivity index (χ0v) is 15.6. The van der Waals surface area contributed by atoms with Gasteiger partial charge in [0.05, 0.1) is 24.0 Å². The lowest BCUT2D eigenvalue weighted by Gasteiger charge is -2.08. The van der Waals surface area contributed by atoms with E-state index in [1.54, 1.807) is 32.4 Å². The molecule has 130 valence electrons. The van der Waals surface area contributed by atoms with E-state index >= 15 is 0 Å². The first kappa shape index (κ1) is 17.8. The average Bonchev–Trinajstić information content (AvgIpc) is 3.15. The van der Waals surface area contributed by atoms with Gasteiger partial charge in [-0.05, 0) is 49.4 Å². The van der Waals surface area contributed by atoms with Crippen molar-refractivity contribution in [1.82, 2.24) is 0 Å². The monoisotopic (exact) mass is 362 g/mol. The summed E-state index contributed by atoms with van der Waals surface area (Å²) in [6, 6.07) is 16.9. The van der Waals surface area contributed by atoms with Crippen molar-refractivity contribution in [3.05, 3.63) is 81.0 Å². The minimum absolute atomic E-state index is 0.0562. The van der Waals surface area contributed by atoms with Gasteiger partial charge in [0, 0.05) is 11.1 Å². The first-order chi connectivity index (χ1) is 12.6. The summed E-state index contributed by atoms with van der Waals surface area (Å²) in [7, 11) is 3.12. The molecule has 0 saturated heterocycles. The maximum atomic E-state index is 12.7. The minimum atomic E-state index is -0.0562. The minimum Gasteiger partial charge on any atom is -0.493 e. The standard InChI is InChI=1S/C22H18O3S/c1-15-4-6-16(7-5-15)8-10-18-11-13-21(26-18)22(23)17-9-12-19(24-2)20(14-17)25-3/h4-7,9,11-14H,1-3H3. The summed E-state index contributed by atoms with van der Waals surface area (Å²) in [4.78, 5) is 14.2. The molecular formula is C22H18O3S. The zero-order valence-electron chi connectivity index (χ0n) is 14.8. The van der Waals surface area contributed by atoms with Crippen molar-refractivity contribution in [3.63, 3.8) is 0 Å². The summed E-state index contributed by atoms with van der Waals surface area (Å²) in [6.45, 7) is 2.04. The highest BCUT2D eigenvalue weighted by molar-refractivity contribution is 7.14. The van der Waals surface area contributed by atoms with Crippen LogP contribution in [0.25, 0.3) is 0 Å². The highest BCUT2D eigenvalue weighted by Gasteiger charge is 2.14. The van der Waals surface area contributed by atoms with Crippen molar-refractivity contribution in [2.24, 2.45) is 0 Å². The van der Waals surface area contributed by atoms with Gasteiger partial charge in [-0.1, -0.05) is 29.5 Å². The lowest BCUT2D eigenvalue weighted by atomic mass is 10.1. The predicted octanol–water partition coefficient (Wildman–Crippen LogP) is 4.70. The normalized spacial score (nSPS) is 9.96. The Bertz CT molecular complexity index is 988. The van der Waals surface area contributed by atoms with Gasteiger partial charge >= 0.3 is 0 Å². The van der Waals surface area contributed by atoms with E-state index in [1.165, 1.54) is 16.9 Å². The van der Waals surface area contributed by atoms with Crippen LogP contribution in [0.4, 0.5) is 0 Å². The molecular weight excluding hydrogens is 344 g/mol. The number of ketones is 1. The van der Waals surface area contributed by atoms with Crippen LogP contribution in [0.2, 0.25) is 0 Å². The molecule has 3 rings (SSSR count). The van der Waals surface area contributed by atoms with Crippen molar-refractivity contribution in [2.75, 3.05) is 14.2 Å². The highest BCUT2D eigenvalue weighted by atomic mass is 32.1. The van der Waals surface area contributed by atoms with E-state index in [0.717, 1.165) is 10.4 Å². The van der Waals surface area contributed by atoms with Crippen LogP contribution in [0.5, 0.6) is 11.5 Å². The van der Waals surface area contributed by atoms with Crippen LogP contribution >= 0.6 is 11.3 Å². The number of benzene rings is 2. The summed E-state index contributed by atoms with van der Waals surface area (Å²) in [5.74, 6) is 7.32. The summed E-state index contributed by atoms with van der Waals surface area (Å²) < 4.78 is 10.5. The predicted molar refractivity (Wildman–Crippen MR) is 104 cm³/mol. The largest absolute Gasteiger partial charge is 0.493 e. The number of rotatable bonds is 4. The Morgan fingerprint density at radius 1 is 0.885 bits per heavy atom. The van der Waals surface area contributed by atoms with Gasteiger partial charge in [0.2, 0.25) is 5.78 Å². The molecule has 0 N–H and O–H groups in total. The molecule has 0 fully saturated rings. The molecule has 0 spiro atoms. The highest BCUT2D eigenvalue weighted by Crippen LogP contribution is 2.29. The van der Waals surface area contributed by atoms with Gasteiger partial charge in [-0.3, -0.25) is 4.79 Å². The van der Waals surface area contributed by atoms with E-state index in [2.05, 4.69) is 11.8 Å². The van der Waals surface area contributed by atoms with Crippen molar-refractivity contribution >= 4 is 17.1 Å². The third-order valence-electron chi connectivity index (χ3n) is 3.86. The number of hydrogen-bond donors (Lipinski definition) is 0. The Morgan fingerprint density at radius 2 is 1.62 bits per heavy atom. The third kappa shape index (κ3) is 3.96. The number of thiophene rings is 1. The van der Waals surface area contributed by atoms with Crippen LogP contribution in [-0.2, 0) is 0 Å². The van der Waals surface area contributed by atoms with Crippen molar-refractivity contribution < 1.29 is 14.3 Å². The molecule has 0 aliphatic heterocycles. The van der Waals surface area contributed by atoms with E-state index in [4.69, 9.17) is 9.47 Å². The molecule has 0 bridgehead atoms. The molecule has 0 amide bonds. The van der Waals surface area contributed by atoms with E-state index in [-0.39, 0.29) is 5.78 Å². The Balaban J connectivity index is 1.81. The first-order valence-electron chi connectivity index (χ1n) is 8.06. The molecule has 3 aromatic rings. The summed E-state index contributed by atoms with van der Waals surface area (Å²) in [5.41, 5.74) is 2.72. The Hall–Kier alpha value is -3.03. The van der Waals surface area contributed by atoms with Crippen LogP contribution in [0, 0.1) is 18.8 Å². The topological polar surface area (TPSA) is 35.5 Å². The first-order valence-corrected chi connectivity index (χ1v) is 8.87. The zero-order chi connectivity index (χ0) is 18.5. The molecule has 0 saturated carbocycles. The van der Waals surface area contributed by atoms with Crippen LogP contribution in [0.1, 0.15) is 31.2 Å². The van der Waals surface area contributed by atoms with Crippen LogP contribution in [0.15, 0.2) is 54.6 Å². The second kappa shape index (κ2) is 7.90. The van der Waals surface area contributed by atoms with Gasteiger partial charge in [0.25, 0.3) is 0 Å². The Kier molecular flexibility index (Phi) is 5.40. The second-order valence-electron chi connectivity index (χ2n) is 5.68. The number of hydrogen-bond acceptors (Lipinski definition) is 4. The molecule has 3 nitrogen and oxygen atoms in total. The van der Waals surface area contributed by atoms with E-state index in [9.17, 15) is 4.79 Å². The summed E-state index contributed by atoms with van der Waals surface area (Å²) in [5, 5.41) is 0. The molecule has 0 atom stereocenters. The second-order valence-corrected chi connectivity index (χ2v) is 6.76. The Labute approximate surface area is 157 Å². The number of carbonyl (C=O) groups excluding carboxylic acids is 1. The molecule has 1 heterocycles. The maximum Gasteiger partial charge on any atom is 0.203 e. The molecule has 0 aliphatic rings. The van der Waals surface area contributed by atoms with E-state index < -0.39 is 0 Å². The molecule has 26 heavy (non-hydrogen) atoms. The summed E-state index contributed by atoms with van der Waals surface area (Å²) in [6.07, 6.45) is 0. The van der Waals surface area contributed by atoms with Gasteiger partial charge in [0.1, 0.15) is 0 Å². The number of aryl methyl sites for hydroxylation is 1. The number of carbonyl (C=O) groups is 1. The van der Waals surface area contributed by atoms with Gasteiger partial charge in [-0.2, -0.15) is 0 Å². The molecule has 1 aromatic heterocycles. The van der Waals surface area contributed by atoms with E-state index in [1.807, 2.05) is 43.3 Å². The average molecular weight is 362 g/mol. The van der Waals surface area contributed by atoms with Crippen LogP contribution in [-0.4, -0.2) is 20.0 Å². The smallest absolute Gasteiger partial charge is 0.203 e. The van der Waals surface area contributed by atoms with Crippen molar-refractivity contribution in [3.8, 4) is 23.3 Å². The number of methoxy groups -OCH3 is 2. The Morgan fingerprint density at radius 3 is 2.31 bits per heavy atom. The SMILES string of the molecule is COc1ccc(C(=O)c2ccc(C#Cc3ccc(C)cc3)s2)cc1OC.